The molecule has 0 saturated heterocycles. The van der Waals surface area contributed by atoms with Crippen molar-refractivity contribution in [2.75, 3.05) is 0 Å². The monoisotopic (exact) mass is 312 g/mol. The van der Waals surface area contributed by atoms with Crippen LogP contribution in [0.3, 0.4) is 0 Å². The fourth-order valence-corrected chi connectivity index (χ4v) is 1.89. The maximum absolute atomic E-state index is 12.4. The quantitative estimate of drug-likeness (QED) is 0.511. The fourth-order valence-electron chi connectivity index (χ4n) is 1.89. The molecule has 1 aromatic rings. The van der Waals surface area contributed by atoms with Crippen molar-refractivity contribution in [3.8, 4) is 5.75 Å². The summed E-state index contributed by atoms with van der Waals surface area (Å²) in [5.74, 6) is 0.214. The molecule has 0 heterocycles. The zero-order chi connectivity index (χ0) is 14.7. The van der Waals surface area contributed by atoms with E-state index in [9.17, 15) is 5.11 Å². The molecule has 0 aliphatic carbocycles. The first-order valence-electron chi connectivity index (χ1n) is 6.57. The molecule has 0 saturated carbocycles. The maximum atomic E-state index is 12.4. The van der Waals surface area contributed by atoms with Gasteiger partial charge in [-0.2, -0.15) is 6.92 Å². The molecule has 0 fully saturated rings. The van der Waals surface area contributed by atoms with Crippen molar-refractivity contribution in [1.82, 2.24) is 0 Å². The predicted molar refractivity (Wildman–Crippen MR) is 79.1 cm³/mol. The van der Waals surface area contributed by atoms with Crippen molar-refractivity contribution in [3.05, 3.63) is 35.7 Å². The van der Waals surface area contributed by atoms with Gasteiger partial charge in [0.05, 0.1) is 0 Å². The minimum atomic E-state index is -0.0803. The van der Waals surface area contributed by atoms with Crippen LogP contribution >= 0.6 is 0 Å². The topological polar surface area (TPSA) is 23.1 Å². The third-order valence-corrected chi connectivity index (χ3v) is 2.85. The Bertz CT molecular complexity index is 360. The van der Waals surface area contributed by atoms with Crippen molar-refractivity contribution >= 4 is 0 Å². The van der Waals surface area contributed by atoms with E-state index in [4.69, 9.17) is 0 Å². The molecule has 0 bridgehead atoms. The van der Waals surface area contributed by atoms with Gasteiger partial charge in [0, 0.05) is 0 Å². The molecule has 0 aliphatic heterocycles. The van der Waals surface area contributed by atoms with Crippen LogP contribution in [0.4, 0.5) is 0 Å². The van der Waals surface area contributed by atoms with E-state index in [1.54, 1.807) is 6.92 Å². The minimum Gasteiger partial charge on any atom is -0.872 e. The molecule has 1 aromatic carbocycles. The van der Waals surface area contributed by atoms with Gasteiger partial charge in [-0.3, -0.25) is 0 Å². The van der Waals surface area contributed by atoms with E-state index in [-0.39, 0.29) is 36.1 Å². The molecule has 104 valence electrons. The largest absolute Gasteiger partial charge is 2.00 e. The fraction of sp³-hybridized carbons (Fsp3) is 0.588. The van der Waals surface area contributed by atoms with Gasteiger partial charge in [0.2, 0.25) is 0 Å². The van der Waals surface area contributed by atoms with Crippen molar-refractivity contribution in [1.29, 1.82) is 0 Å². The van der Waals surface area contributed by atoms with Gasteiger partial charge in [0.15, 0.2) is 0 Å². The van der Waals surface area contributed by atoms with Gasteiger partial charge in [-0.15, -0.1) is 5.75 Å². The number of hydrogen-bond donors (Lipinski definition) is 0. The third kappa shape index (κ3) is 5.65. The van der Waals surface area contributed by atoms with Crippen molar-refractivity contribution in [3.63, 3.8) is 0 Å². The van der Waals surface area contributed by atoms with Crippen molar-refractivity contribution in [2.24, 2.45) is 0 Å². The van der Waals surface area contributed by atoms with E-state index in [1.165, 1.54) is 5.56 Å². The van der Waals surface area contributed by atoms with E-state index in [0.29, 0.717) is 0 Å². The number of benzene rings is 1. The summed E-state index contributed by atoms with van der Waals surface area (Å²) < 4.78 is 0. The summed E-state index contributed by atoms with van der Waals surface area (Å²) in [5.41, 5.74) is 2.87. The molecule has 1 nitrogen and oxygen atoms in total. The second-order valence-corrected chi connectivity index (χ2v) is 6.69. The first-order chi connectivity index (χ1) is 8.03. The summed E-state index contributed by atoms with van der Waals surface area (Å²) in [5, 5.41) is 12.4. The van der Waals surface area contributed by atoms with Crippen LogP contribution in [0.2, 0.25) is 0 Å². The molecular weight excluding hydrogens is 286 g/mol. The van der Waals surface area contributed by atoms with Crippen molar-refractivity contribution < 1.29 is 24.6 Å². The Morgan fingerprint density at radius 2 is 1.11 bits per heavy atom. The minimum absolute atomic E-state index is 0. The summed E-state index contributed by atoms with van der Waals surface area (Å²) in [7, 11) is 0. The molecule has 19 heavy (non-hydrogen) atoms. The normalized spacial score (nSPS) is 11.2. The molecular formula is C17H28OZn. The standard InChI is InChI=1S/C15H24O.C2H5.Zn/c1-10-8-11(14(2,3)4)13(16)12(9-10)15(5,6)7;1-2;/h8-9,16H,1-7H3;1H2,2H3;/q;-1;+2/p-1. The molecule has 0 radical (unpaired) electrons. The first-order valence-corrected chi connectivity index (χ1v) is 6.57. The predicted octanol–water partition coefficient (Wildman–Crippen LogP) is 4.50. The molecule has 0 N–H and O–H groups in total. The molecule has 0 aromatic heterocycles. The average Bonchev–Trinajstić information content (AvgIpc) is 2.21. The first kappa shape index (κ1) is 21.0. The molecule has 0 amide bonds. The summed E-state index contributed by atoms with van der Waals surface area (Å²) in [6.07, 6.45) is 0. The molecule has 0 spiro atoms. The molecule has 0 aliphatic rings. The van der Waals surface area contributed by atoms with Crippen LogP contribution in [0.1, 0.15) is 65.2 Å². The second-order valence-electron chi connectivity index (χ2n) is 6.69. The Labute approximate surface area is 132 Å². The Hall–Kier alpha value is -0.357. The van der Waals surface area contributed by atoms with Crippen LogP contribution in [-0.4, -0.2) is 0 Å². The Morgan fingerprint density at radius 1 is 0.842 bits per heavy atom. The zero-order valence-corrected chi connectivity index (χ0v) is 16.9. The van der Waals surface area contributed by atoms with Gasteiger partial charge in [0.1, 0.15) is 0 Å². The van der Waals surface area contributed by atoms with Gasteiger partial charge in [-0.1, -0.05) is 59.2 Å². The average molecular weight is 314 g/mol. The van der Waals surface area contributed by atoms with Gasteiger partial charge >= 0.3 is 19.5 Å². The van der Waals surface area contributed by atoms with E-state index in [0.717, 1.165) is 11.1 Å². The van der Waals surface area contributed by atoms with Gasteiger partial charge in [-0.05, 0) is 28.9 Å². The van der Waals surface area contributed by atoms with Crippen LogP contribution in [-0.2, 0) is 30.3 Å². The van der Waals surface area contributed by atoms with Crippen LogP contribution < -0.4 is 5.11 Å². The third-order valence-electron chi connectivity index (χ3n) is 2.85. The number of rotatable bonds is 0. The second kappa shape index (κ2) is 7.43. The summed E-state index contributed by atoms with van der Waals surface area (Å²) in [6, 6.07) is 4.05. The SMILES string of the molecule is Cc1cc(C(C)(C)C)c([O-])c(C(C)(C)C)c1.[CH2-]C.[Zn+2]. The number of hydrogen-bond acceptors (Lipinski definition) is 1. The van der Waals surface area contributed by atoms with Gasteiger partial charge in [-0.25, -0.2) is 0 Å². The molecule has 0 atom stereocenters. The van der Waals surface area contributed by atoms with Crippen LogP contribution in [0.5, 0.6) is 5.75 Å². The van der Waals surface area contributed by atoms with E-state index in [1.807, 2.05) is 12.1 Å². The molecule has 0 unspecified atom stereocenters. The summed E-state index contributed by atoms with van der Waals surface area (Å²) >= 11 is 0. The van der Waals surface area contributed by atoms with E-state index in [2.05, 4.69) is 55.4 Å². The van der Waals surface area contributed by atoms with Crippen LogP contribution in [0, 0.1) is 13.8 Å². The number of aryl methyl sites for hydroxylation is 1. The molecule has 1 rings (SSSR count). The smallest absolute Gasteiger partial charge is 0.872 e. The zero-order valence-electron chi connectivity index (χ0n) is 14.0. The summed E-state index contributed by atoms with van der Waals surface area (Å²) in [4.78, 5) is 0. The van der Waals surface area contributed by atoms with Gasteiger partial charge in [0.25, 0.3) is 0 Å². The van der Waals surface area contributed by atoms with E-state index >= 15 is 0 Å². The van der Waals surface area contributed by atoms with Gasteiger partial charge < -0.3 is 12.0 Å². The van der Waals surface area contributed by atoms with Crippen LogP contribution in [0.15, 0.2) is 12.1 Å². The van der Waals surface area contributed by atoms with E-state index < -0.39 is 0 Å². The maximum Gasteiger partial charge on any atom is 2.00 e. The van der Waals surface area contributed by atoms with Crippen LogP contribution in [0.25, 0.3) is 0 Å². The summed E-state index contributed by atoms with van der Waals surface area (Å²) in [6.45, 7) is 19.6. The Morgan fingerprint density at radius 3 is 1.32 bits per heavy atom. The van der Waals surface area contributed by atoms with Crippen molar-refractivity contribution in [2.45, 2.75) is 66.2 Å². The Balaban J connectivity index is 0. The Kier molecular flexibility index (Phi) is 8.20. The molecule has 2 heteroatoms.